The Morgan fingerprint density at radius 3 is 2.50 bits per heavy atom. The minimum absolute atomic E-state index is 0.0994. The Balaban J connectivity index is 2.53. The monoisotopic (exact) mass is 200 g/mol. The molecule has 0 aromatic heterocycles. The summed E-state index contributed by atoms with van der Waals surface area (Å²) < 4.78 is 0. The van der Waals surface area contributed by atoms with Crippen molar-refractivity contribution in [2.24, 2.45) is 5.73 Å². The lowest BCUT2D eigenvalue weighted by Gasteiger charge is -2.35. The highest BCUT2D eigenvalue weighted by atomic mass is 16.4. The van der Waals surface area contributed by atoms with Crippen molar-refractivity contribution < 1.29 is 9.90 Å². The molecule has 4 nitrogen and oxygen atoms in total. The molecule has 0 aromatic rings. The topological polar surface area (TPSA) is 75.3 Å². The highest BCUT2D eigenvalue weighted by molar-refractivity contribution is 5.77. The second-order valence-corrected chi connectivity index (χ2v) is 4.63. The van der Waals surface area contributed by atoms with Crippen LogP contribution in [0.1, 0.15) is 39.5 Å². The van der Waals surface area contributed by atoms with Gasteiger partial charge in [-0.15, -0.1) is 0 Å². The molecule has 0 radical (unpaired) electrons. The van der Waals surface area contributed by atoms with Gasteiger partial charge in [-0.3, -0.25) is 10.1 Å². The van der Waals surface area contributed by atoms with Crippen LogP contribution in [0.4, 0.5) is 0 Å². The van der Waals surface area contributed by atoms with Gasteiger partial charge in [-0.1, -0.05) is 12.8 Å². The van der Waals surface area contributed by atoms with E-state index in [0.717, 1.165) is 25.7 Å². The SMILES string of the molecule is CC(C)(NC1CCCCC1N)C(=O)O. The van der Waals surface area contributed by atoms with Crippen LogP contribution < -0.4 is 11.1 Å². The second kappa shape index (κ2) is 4.28. The summed E-state index contributed by atoms with van der Waals surface area (Å²) >= 11 is 0. The Hall–Kier alpha value is -0.610. The molecule has 82 valence electrons. The molecule has 0 amide bonds. The van der Waals surface area contributed by atoms with Gasteiger partial charge < -0.3 is 10.8 Å². The van der Waals surface area contributed by atoms with Gasteiger partial charge >= 0.3 is 5.97 Å². The van der Waals surface area contributed by atoms with Gasteiger partial charge in [0.25, 0.3) is 0 Å². The zero-order valence-electron chi connectivity index (χ0n) is 8.92. The third-order valence-electron chi connectivity index (χ3n) is 2.90. The molecule has 1 fully saturated rings. The van der Waals surface area contributed by atoms with Gasteiger partial charge in [0.05, 0.1) is 0 Å². The number of hydrogen-bond donors (Lipinski definition) is 3. The summed E-state index contributed by atoms with van der Waals surface area (Å²) in [7, 11) is 0. The van der Waals surface area contributed by atoms with Crippen LogP contribution in [-0.2, 0) is 4.79 Å². The standard InChI is InChI=1S/C10H20N2O2/c1-10(2,9(13)14)12-8-6-4-3-5-7(8)11/h7-8,12H,3-6,11H2,1-2H3,(H,13,14). The predicted octanol–water partition coefficient (Wildman–Crippen LogP) is 0.709. The maximum Gasteiger partial charge on any atom is 0.323 e. The minimum Gasteiger partial charge on any atom is -0.480 e. The number of carboxylic acid groups (broad SMARTS) is 1. The fraction of sp³-hybridized carbons (Fsp3) is 0.900. The number of carbonyl (C=O) groups is 1. The average molecular weight is 200 g/mol. The quantitative estimate of drug-likeness (QED) is 0.627. The lowest BCUT2D eigenvalue weighted by molar-refractivity contribution is -0.143. The highest BCUT2D eigenvalue weighted by Crippen LogP contribution is 2.19. The zero-order valence-corrected chi connectivity index (χ0v) is 8.92. The molecule has 14 heavy (non-hydrogen) atoms. The molecule has 0 spiro atoms. The molecule has 1 aliphatic carbocycles. The van der Waals surface area contributed by atoms with E-state index in [4.69, 9.17) is 10.8 Å². The molecule has 0 aliphatic heterocycles. The maximum absolute atomic E-state index is 10.9. The number of carboxylic acids is 1. The van der Waals surface area contributed by atoms with Crippen LogP contribution in [-0.4, -0.2) is 28.7 Å². The van der Waals surface area contributed by atoms with Crippen molar-refractivity contribution in [3.05, 3.63) is 0 Å². The van der Waals surface area contributed by atoms with Crippen molar-refractivity contribution in [2.75, 3.05) is 0 Å². The van der Waals surface area contributed by atoms with Crippen LogP contribution in [0.2, 0.25) is 0 Å². The Bertz CT molecular complexity index is 216. The minimum atomic E-state index is -0.875. The Kier molecular flexibility index (Phi) is 3.50. The zero-order chi connectivity index (χ0) is 10.8. The lowest BCUT2D eigenvalue weighted by atomic mass is 9.89. The summed E-state index contributed by atoms with van der Waals surface area (Å²) in [6, 6.07) is 0.247. The first-order chi connectivity index (χ1) is 6.43. The van der Waals surface area contributed by atoms with Crippen LogP contribution in [0.3, 0.4) is 0 Å². The number of aliphatic carboxylic acids is 1. The largest absolute Gasteiger partial charge is 0.480 e. The third-order valence-corrected chi connectivity index (χ3v) is 2.90. The number of nitrogens with two attached hydrogens (primary N) is 1. The van der Waals surface area contributed by atoms with Gasteiger partial charge in [0.15, 0.2) is 0 Å². The first-order valence-electron chi connectivity index (χ1n) is 5.20. The summed E-state index contributed by atoms with van der Waals surface area (Å²) in [6.45, 7) is 3.35. The van der Waals surface area contributed by atoms with Gasteiger partial charge in [-0.25, -0.2) is 0 Å². The summed E-state index contributed by atoms with van der Waals surface area (Å²) in [6.07, 6.45) is 4.28. The number of rotatable bonds is 3. The van der Waals surface area contributed by atoms with E-state index < -0.39 is 11.5 Å². The maximum atomic E-state index is 10.9. The normalized spacial score (nSPS) is 28.8. The molecule has 1 rings (SSSR count). The van der Waals surface area contributed by atoms with Crippen LogP contribution in [0, 0.1) is 0 Å². The van der Waals surface area contributed by atoms with E-state index in [-0.39, 0.29) is 12.1 Å². The van der Waals surface area contributed by atoms with Crippen LogP contribution in [0.15, 0.2) is 0 Å². The van der Waals surface area contributed by atoms with Crippen molar-refractivity contribution in [1.82, 2.24) is 5.32 Å². The van der Waals surface area contributed by atoms with Gasteiger partial charge in [-0.2, -0.15) is 0 Å². The number of nitrogens with one attached hydrogen (secondary N) is 1. The molecule has 0 heterocycles. The van der Waals surface area contributed by atoms with E-state index in [1.54, 1.807) is 13.8 Å². The van der Waals surface area contributed by atoms with E-state index in [9.17, 15) is 4.79 Å². The van der Waals surface area contributed by atoms with Crippen molar-refractivity contribution in [3.8, 4) is 0 Å². The van der Waals surface area contributed by atoms with Crippen LogP contribution in [0.25, 0.3) is 0 Å². The van der Waals surface area contributed by atoms with Gasteiger partial charge in [0.2, 0.25) is 0 Å². The van der Waals surface area contributed by atoms with E-state index in [0.29, 0.717) is 0 Å². The molecular weight excluding hydrogens is 180 g/mol. The molecular formula is C10H20N2O2. The fourth-order valence-corrected chi connectivity index (χ4v) is 1.86. The molecule has 4 heteroatoms. The van der Waals surface area contributed by atoms with Crippen LogP contribution >= 0.6 is 0 Å². The van der Waals surface area contributed by atoms with Crippen molar-refractivity contribution in [1.29, 1.82) is 0 Å². The molecule has 4 N–H and O–H groups in total. The third kappa shape index (κ3) is 2.69. The van der Waals surface area contributed by atoms with E-state index in [1.165, 1.54) is 0 Å². The van der Waals surface area contributed by atoms with Crippen molar-refractivity contribution in [3.63, 3.8) is 0 Å². The van der Waals surface area contributed by atoms with Crippen LogP contribution in [0.5, 0.6) is 0 Å². The summed E-state index contributed by atoms with van der Waals surface area (Å²) in [5.41, 5.74) is 5.06. The summed E-state index contributed by atoms with van der Waals surface area (Å²) in [5.74, 6) is -0.824. The van der Waals surface area contributed by atoms with E-state index in [1.807, 2.05) is 0 Å². The predicted molar refractivity (Wildman–Crippen MR) is 55.1 cm³/mol. The lowest BCUT2D eigenvalue weighted by Crippen LogP contribution is -2.58. The molecule has 1 aliphatic rings. The van der Waals surface area contributed by atoms with Crippen molar-refractivity contribution in [2.45, 2.75) is 57.2 Å². The molecule has 2 unspecified atom stereocenters. The summed E-state index contributed by atoms with van der Waals surface area (Å²) in [5, 5.41) is 12.1. The summed E-state index contributed by atoms with van der Waals surface area (Å²) in [4.78, 5) is 10.9. The van der Waals surface area contributed by atoms with Crippen molar-refractivity contribution >= 4 is 5.97 Å². The fourth-order valence-electron chi connectivity index (χ4n) is 1.86. The van der Waals surface area contributed by atoms with Gasteiger partial charge in [0.1, 0.15) is 5.54 Å². The van der Waals surface area contributed by atoms with E-state index in [2.05, 4.69) is 5.32 Å². The Morgan fingerprint density at radius 2 is 2.00 bits per heavy atom. The molecule has 0 saturated heterocycles. The molecule has 2 atom stereocenters. The Labute approximate surface area is 84.9 Å². The Morgan fingerprint density at radius 1 is 1.43 bits per heavy atom. The number of hydrogen-bond acceptors (Lipinski definition) is 3. The average Bonchev–Trinajstić information content (AvgIpc) is 2.08. The second-order valence-electron chi connectivity index (χ2n) is 4.63. The molecule has 0 aromatic carbocycles. The highest BCUT2D eigenvalue weighted by Gasteiger charge is 2.32. The van der Waals surface area contributed by atoms with Gasteiger partial charge in [-0.05, 0) is 26.7 Å². The smallest absolute Gasteiger partial charge is 0.323 e. The molecule has 0 bridgehead atoms. The first kappa shape index (κ1) is 11.5. The van der Waals surface area contributed by atoms with Gasteiger partial charge in [0, 0.05) is 12.1 Å². The first-order valence-corrected chi connectivity index (χ1v) is 5.20. The van der Waals surface area contributed by atoms with E-state index >= 15 is 0 Å². The molecule has 1 saturated carbocycles.